The van der Waals surface area contributed by atoms with Crippen LogP contribution in [0.5, 0.6) is 0 Å². The zero-order valence-electron chi connectivity index (χ0n) is 12.7. The molecule has 20 heavy (non-hydrogen) atoms. The third kappa shape index (κ3) is 2.31. The van der Waals surface area contributed by atoms with Crippen LogP contribution in [0, 0.1) is 12.3 Å². The maximum Gasteiger partial charge on any atom is 0.115 e. The van der Waals surface area contributed by atoms with E-state index in [1.807, 2.05) is 6.20 Å². The molecular weight excluding hydrogens is 266 g/mol. The van der Waals surface area contributed by atoms with E-state index < -0.39 is 0 Å². The van der Waals surface area contributed by atoms with E-state index in [0.717, 1.165) is 12.8 Å². The normalized spacial score (nSPS) is 22.6. The number of nitrogens with two attached hydrogens (primary N) is 1. The summed E-state index contributed by atoms with van der Waals surface area (Å²) >= 11 is 1.78. The number of aryl methyl sites for hydroxylation is 1. The van der Waals surface area contributed by atoms with E-state index in [1.165, 1.54) is 21.1 Å². The third-order valence-corrected chi connectivity index (χ3v) is 5.37. The van der Waals surface area contributed by atoms with Gasteiger partial charge in [0.2, 0.25) is 0 Å². The first kappa shape index (κ1) is 13.8. The van der Waals surface area contributed by atoms with Gasteiger partial charge in [-0.25, -0.2) is 4.98 Å². The fourth-order valence-corrected chi connectivity index (χ4v) is 4.13. The van der Waals surface area contributed by atoms with Gasteiger partial charge in [-0.3, -0.25) is 0 Å². The van der Waals surface area contributed by atoms with Crippen molar-refractivity contribution in [3.05, 3.63) is 39.6 Å². The number of nitrogens with zero attached hydrogens (tertiary/aromatic N) is 2. The largest absolute Gasteiger partial charge is 0.342 e. The molecule has 0 spiro atoms. The Morgan fingerprint density at radius 1 is 1.50 bits per heavy atom. The van der Waals surface area contributed by atoms with E-state index in [4.69, 9.17) is 5.73 Å². The SMILES string of the molecule is Cc1cnc(C(C)n2ccc3c2CC(C)(C)CC3N)s1. The van der Waals surface area contributed by atoms with Crippen LogP contribution in [0.25, 0.3) is 0 Å². The molecule has 0 amide bonds. The Morgan fingerprint density at radius 3 is 2.90 bits per heavy atom. The van der Waals surface area contributed by atoms with Crippen molar-refractivity contribution in [3.63, 3.8) is 0 Å². The fourth-order valence-electron chi connectivity index (χ4n) is 3.30. The summed E-state index contributed by atoms with van der Waals surface area (Å²) in [5, 5.41) is 1.18. The van der Waals surface area contributed by atoms with Gasteiger partial charge in [-0.2, -0.15) is 0 Å². The number of hydrogen-bond acceptors (Lipinski definition) is 3. The number of fused-ring (bicyclic) bond motifs is 1. The van der Waals surface area contributed by atoms with Gasteiger partial charge in [-0.05, 0) is 43.7 Å². The lowest BCUT2D eigenvalue weighted by Crippen LogP contribution is -2.31. The van der Waals surface area contributed by atoms with Crippen molar-refractivity contribution in [1.82, 2.24) is 9.55 Å². The summed E-state index contributed by atoms with van der Waals surface area (Å²) < 4.78 is 2.37. The van der Waals surface area contributed by atoms with E-state index in [0.29, 0.717) is 6.04 Å². The highest BCUT2D eigenvalue weighted by atomic mass is 32.1. The van der Waals surface area contributed by atoms with Gasteiger partial charge >= 0.3 is 0 Å². The second-order valence-electron chi connectivity index (χ2n) is 6.76. The summed E-state index contributed by atoms with van der Waals surface area (Å²) in [5.74, 6) is 0. The first-order valence-electron chi connectivity index (χ1n) is 7.25. The van der Waals surface area contributed by atoms with Gasteiger partial charge in [-0.15, -0.1) is 11.3 Å². The monoisotopic (exact) mass is 289 g/mol. The van der Waals surface area contributed by atoms with Crippen LogP contribution in [0.15, 0.2) is 18.5 Å². The second-order valence-corrected chi connectivity index (χ2v) is 8.03. The standard InChI is InChI=1S/C16H23N3S/c1-10-9-18-15(20-10)11(2)19-6-5-12-13(17)7-16(3,4)8-14(12)19/h5-6,9,11,13H,7-8,17H2,1-4H3. The van der Waals surface area contributed by atoms with Gasteiger partial charge in [-0.1, -0.05) is 13.8 Å². The van der Waals surface area contributed by atoms with Crippen LogP contribution < -0.4 is 5.73 Å². The van der Waals surface area contributed by atoms with Gasteiger partial charge in [0.1, 0.15) is 5.01 Å². The predicted octanol–water partition coefficient (Wildman–Crippen LogP) is 3.83. The quantitative estimate of drug-likeness (QED) is 0.913. The summed E-state index contributed by atoms with van der Waals surface area (Å²) in [7, 11) is 0. The first-order valence-corrected chi connectivity index (χ1v) is 8.06. The minimum absolute atomic E-state index is 0.167. The molecule has 3 rings (SSSR count). The number of aromatic nitrogens is 2. The Hall–Kier alpha value is -1.13. The molecule has 1 aliphatic carbocycles. The molecule has 0 saturated carbocycles. The first-order chi connectivity index (χ1) is 9.37. The minimum atomic E-state index is 0.167. The minimum Gasteiger partial charge on any atom is -0.342 e. The Morgan fingerprint density at radius 2 is 2.25 bits per heavy atom. The molecule has 2 aromatic rings. The van der Waals surface area contributed by atoms with Gasteiger partial charge in [0.25, 0.3) is 0 Å². The highest BCUT2D eigenvalue weighted by Crippen LogP contribution is 2.41. The van der Waals surface area contributed by atoms with Crippen LogP contribution >= 0.6 is 11.3 Å². The zero-order valence-corrected chi connectivity index (χ0v) is 13.5. The van der Waals surface area contributed by atoms with Crippen LogP contribution in [0.2, 0.25) is 0 Å². The summed E-state index contributed by atoms with van der Waals surface area (Å²) in [6.45, 7) is 8.96. The van der Waals surface area contributed by atoms with Crippen LogP contribution in [-0.4, -0.2) is 9.55 Å². The lowest BCUT2D eigenvalue weighted by Gasteiger charge is -2.35. The van der Waals surface area contributed by atoms with Crippen LogP contribution in [0.1, 0.15) is 60.4 Å². The van der Waals surface area contributed by atoms with Crippen molar-refractivity contribution in [2.75, 3.05) is 0 Å². The molecule has 2 aromatic heterocycles. The Kier molecular flexibility index (Phi) is 3.26. The summed E-state index contributed by atoms with van der Waals surface area (Å²) in [5.41, 5.74) is 9.35. The number of thiazole rings is 1. The number of rotatable bonds is 2. The predicted molar refractivity (Wildman–Crippen MR) is 84.1 cm³/mol. The molecule has 0 aromatic carbocycles. The Balaban J connectivity index is 2.00. The van der Waals surface area contributed by atoms with Gasteiger partial charge in [0.05, 0.1) is 6.04 Å². The second kappa shape index (κ2) is 4.71. The van der Waals surface area contributed by atoms with E-state index in [9.17, 15) is 0 Å². The molecule has 2 heterocycles. The molecule has 0 aliphatic heterocycles. The summed E-state index contributed by atoms with van der Waals surface area (Å²) in [6.07, 6.45) is 6.31. The molecule has 2 N–H and O–H groups in total. The number of hydrogen-bond donors (Lipinski definition) is 1. The lowest BCUT2D eigenvalue weighted by atomic mass is 9.74. The molecule has 2 atom stereocenters. The molecule has 4 heteroatoms. The third-order valence-electron chi connectivity index (χ3n) is 4.29. The van der Waals surface area contributed by atoms with Crippen molar-refractivity contribution in [2.45, 2.75) is 52.6 Å². The lowest BCUT2D eigenvalue weighted by molar-refractivity contribution is 0.274. The molecule has 2 unspecified atom stereocenters. The Labute approximate surface area is 124 Å². The topological polar surface area (TPSA) is 43.8 Å². The molecule has 0 saturated heterocycles. The van der Waals surface area contributed by atoms with Crippen LogP contribution in [0.4, 0.5) is 0 Å². The Bertz CT molecular complexity index is 623. The molecule has 108 valence electrons. The van der Waals surface area contributed by atoms with Gasteiger partial charge < -0.3 is 10.3 Å². The van der Waals surface area contributed by atoms with E-state index in [2.05, 4.69) is 49.5 Å². The molecule has 1 aliphatic rings. The molecule has 0 bridgehead atoms. The highest BCUT2D eigenvalue weighted by molar-refractivity contribution is 7.11. The van der Waals surface area contributed by atoms with Crippen molar-refractivity contribution in [1.29, 1.82) is 0 Å². The summed E-state index contributed by atoms with van der Waals surface area (Å²) in [4.78, 5) is 5.81. The van der Waals surface area contributed by atoms with E-state index in [1.54, 1.807) is 11.3 Å². The van der Waals surface area contributed by atoms with E-state index >= 15 is 0 Å². The molecule has 0 radical (unpaired) electrons. The molecule has 3 nitrogen and oxygen atoms in total. The maximum absolute atomic E-state index is 6.35. The average molecular weight is 289 g/mol. The van der Waals surface area contributed by atoms with Crippen molar-refractivity contribution in [3.8, 4) is 0 Å². The maximum atomic E-state index is 6.35. The van der Waals surface area contributed by atoms with Crippen LogP contribution in [-0.2, 0) is 6.42 Å². The van der Waals surface area contributed by atoms with Crippen molar-refractivity contribution < 1.29 is 0 Å². The van der Waals surface area contributed by atoms with Gasteiger partial charge in [0, 0.05) is 29.0 Å². The van der Waals surface area contributed by atoms with Crippen molar-refractivity contribution in [2.24, 2.45) is 11.1 Å². The van der Waals surface area contributed by atoms with Gasteiger partial charge in [0.15, 0.2) is 0 Å². The fraction of sp³-hybridized carbons (Fsp3) is 0.562. The summed E-state index contributed by atoms with van der Waals surface area (Å²) in [6, 6.07) is 2.66. The zero-order chi connectivity index (χ0) is 14.5. The highest BCUT2D eigenvalue weighted by Gasteiger charge is 2.33. The van der Waals surface area contributed by atoms with E-state index in [-0.39, 0.29) is 11.5 Å². The molecule has 0 fully saturated rings. The average Bonchev–Trinajstić information content (AvgIpc) is 2.93. The smallest absolute Gasteiger partial charge is 0.115 e. The molecular formula is C16H23N3S. The van der Waals surface area contributed by atoms with Crippen molar-refractivity contribution >= 4 is 11.3 Å². The van der Waals surface area contributed by atoms with Crippen LogP contribution in [0.3, 0.4) is 0 Å².